The molecule has 0 aromatic carbocycles. The highest BCUT2D eigenvalue weighted by Crippen LogP contribution is 2.58. The predicted molar refractivity (Wildman–Crippen MR) is 73.0 cm³/mol. The first kappa shape index (κ1) is 24.9. The van der Waals surface area contributed by atoms with Crippen LogP contribution in [0.25, 0.3) is 0 Å². The van der Waals surface area contributed by atoms with Crippen LogP contribution in [0.1, 0.15) is 19.3 Å². The third-order valence-corrected chi connectivity index (χ3v) is 6.34. The Kier molecular flexibility index (Phi) is 5.66. The maximum atomic E-state index is 14.6. The molecule has 2 N–H and O–H groups in total. The first-order chi connectivity index (χ1) is 13.1. The highest BCUT2D eigenvalue weighted by molar-refractivity contribution is 7.88. The second kappa shape index (κ2) is 6.82. The third-order valence-electron chi connectivity index (χ3n) is 5.21. The van der Waals surface area contributed by atoms with Crippen LogP contribution in [-0.4, -0.2) is 65.2 Å². The first-order valence-corrected chi connectivity index (χ1v) is 9.34. The molecule has 2 bridgehead atoms. The van der Waals surface area contributed by atoms with Gasteiger partial charge in [-0.3, -0.25) is 4.55 Å². The van der Waals surface area contributed by atoms with Crippen molar-refractivity contribution in [2.75, 3.05) is 0 Å². The van der Waals surface area contributed by atoms with Gasteiger partial charge in [0, 0.05) is 0 Å². The number of aliphatic hydroxyl groups excluding tert-OH is 1. The van der Waals surface area contributed by atoms with E-state index in [0.29, 0.717) is 6.42 Å². The van der Waals surface area contributed by atoms with Crippen LogP contribution in [0, 0.1) is 11.8 Å². The molecule has 2 saturated carbocycles. The van der Waals surface area contributed by atoms with E-state index in [0.717, 1.165) is 0 Å². The molecule has 0 aromatic heterocycles. The summed E-state index contributed by atoms with van der Waals surface area (Å²) in [7, 11) is -7.44. The lowest BCUT2D eigenvalue weighted by molar-refractivity contribution is -0.404. The lowest BCUT2D eigenvalue weighted by Crippen LogP contribution is -2.71. The number of ether oxygens (including phenoxy) is 1. The first-order valence-electron chi connectivity index (χ1n) is 7.89. The van der Waals surface area contributed by atoms with Crippen molar-refractivity contribution >= 4 is 16.1 Å². The van der Waals surface area contributed by atoms with Gasteiger partial charge in [-0.15, -0.1) is 0 Å². The lowest BCUT2D eigenvalue weighted by Gasteiger charge is -2.38. The molecule has 0 aromatic rings. The van der Waals surface area contributed by atoms with Crippen molar-refractivity contribution in [2.45, 2.75) is 60.4 Å². The molecule has 6 nitrogen and oxygen atoms in total. The molecule has 2 aliphatic rings. The zero-order chi connectivity index (χ0) is 23.7. The second-order valence-corrected chi connectivity index (χ2v) is 8.50. The van der Waals surface area contributed by atoms with Crippen LogP contribution in [-0.2, 0) is 19.6 Å². The average Bonchev–Trinajstić information content (AvgIpc) is 3.14. The van der Waals surface area contributed by atoms with E-state index in [2.05, 4.69) is 4.74 Å². The second-order valence-electron chi connectivity index (χ2n) is 6.98. The molecule has 176 valence electrons. The maximum Gasteiger partial charge on any atom is 0.460 e. The number of hydrogen-bond acceptors (Lipinski definition) is 5. The monoisotopic (exact) mass is 486 g/mol. The molecule has 30 heavy (non-hydrogen) atoms. The number of rotatable bonds is 6. The number of esters is 1. The van der Waals surface area contributed by atoms with Crippen LogP contribution < -0.4 is 0 Å². The quantitative estimate of drug-likeness (QED) is 0.340. The summed E-state index contributed by atoms with van der Waals surface area (Å²) in [6, 6.07) is 0. The number of alkyl halides is 10. The van der Waals surface area contributed by atoms with Gasteiger partial charge in [-0.1, -0.05) is 0 Å². The summed E-state index contributed by atoms with van der Waals surface area (Å²) in [5, 5.41) is 3.01. The van der Waals surface area contributed by atoms with Crippen LogP contribution in [0.15, 0.2) is 0 Å². The van der Waals surface area contributed by atoms with E-state index in [1.54, 1.807) is 0 Å². The Hall–Kier alpha value is -1.36. The van der Waals surface area contributed by atoms with Crippen molar-refractivity contribution in [1.82, 2.24) is 0 Å². The van der Waals surface area contributed by atoms with Gasteiger partial charge >= 0.3 is 45.0 Å². The van der Waals surface area contributed by atoms with Gasteiger partial charge in [0.25, 0.3) is 0 Å². The summed E-state index contributed by atoms with van der Waals surface area (Å²) >= 11 is 0. The van der Waals surface area contributed by atoms with Crippen molar-refractivity contribution in [2.24, 2.45) is 11.8 Å². The minimum Gasteiger partial charge on any atom is -0.456 e. The summed E-state index contributed by atoms with van der Waals surface area (Å²) in [6.45, 7) is 0. The van der Waals surface area contributed by atoms with E-state index in [-0.39, 0.29) is 12.8 Å². The summed E-state index contributed by atoms with van der Waals surface area (Å²) in [4.78, 5) is 11.8. The fourth-order valence-corrected chi connectivity index (χ4v) is 4.26. The number of hydrogen-bond donors (Lipinski definition) is 2. The zero-order valence-corrected chi connectivity index (χ0v) is 15.0. The SMILES string of the molecule is O=C(OC1C2CCC(C2)C1O)C(F)(C(F)(F)C(F)(F)C(F)(F)C(F)(F)F)S(=O)(=O)O. The fourth-order valence-electron chi connectivity index (χ4n) is 3.55. The minimum atomic E-state index is -7.88. The smallest absolute Gasteiger partial charge is 0.456 e. The Morgan fingerprint density at radius 2 is 1.30 bits per heavy atom. The molecule has 0 spiro atoms. The largest absolute Gasteiger partial charge is 0.460 e. The number of carbonyl (C=O) groups is 1. The Labute approximate surface area is 160 Å². The predicted octanol–water partition coefficient (Wildman–Crippen LogP) is 2.71. The molecule has 2 rings (SSSR count). The van der Waals surface area contributed by atoms with Crippen LogP contribution in [0.4, 0.5) is 43.9 Å². The van der Waals surface area contributed by atoms with Crippen molar-refractivity contribution in [3.63, 3.8) is 0 Å². The number of fused-ring (bicyclic) bond motifs is 2. The minimum absolute atomic E-state index is 0.0585. The van der Waals surface area contributed by atoms with Crippen molar-refractivity contribution < 1.29 is 71.5 Å². The van der Waals surface area contributed by atoms with E-state index in [4.69, 9.17) is 4.55 Å². The number of carbonyl (C=O) groups excluding carboxylic acids is 1. The molecule has 0 aliphatic heterocycles. The molecule has 17 heteroatoms. The molecule has 5 unspecified atom stereocenters. The van der Waals surface area contributed by atoms with E-state index in [9.17, 15) is 62.2 Å². The molecule has 2 fully saturated rings. The van der Waals surface area contributed by atoms with Crippen molar-refractivity contribution in [3.05, 3.63) is 0 Å². The van der Waals surface area contributed by atoms with Crippen molar-refractivity contribution in [1.29, 1.82) is 0 Å². The van der Waals surface area contributed by atoms with Gasteiger partial charge in [-0.25, -0.2) is 9.18 Å². The Bertz CT molecular complexity index is 810. The van der Waals surface area contributed by atoms with Gasteiger partial charge in [0.05, 0.1) is 6.10 Å². The van der Waals surface area contributed by atoms with Crippen molar-refractivity contribution in [3.8, 4) is 0 Å². The lowest BCUT2D eigenvalue weighted by atomic mass is 9.94. The van der Waals surface area contributed by atoms with Gasteiger partial charge in [0.15, 0.2) is 0 Å². The Morgan fingerprint density at radius 3 is 1.67 bits per heavy atom. The normalized spacial score (nSPS) is 30.3. The summed E-state index contributed by atoms with van der Waals surface area (Å²) in [5.74, 6) is -28.4. The Morgan fingerprint density at radius 1 is 0.833 bits per heavy atom. The zero-order valence-electron chi connectivity index (χ0n) is 14.1. The highest BCUT2D eigenvalue weighted by Gasteiger charge is 2.91. The topological polar surface area (TPSA) is 101 Å². The summed E-state index contributed by atoms with van der Waals surface area (Å²) in [6.07, 6.45) is -10.6. The fraction of sp³-hybridized carbons (Fsp3) is 0.923. The molecule has 0 saturated heterocycles. The van der Waals surface area contributed by atoms with Crippen LogP contribution in [0.2, 0.25) is 0 Å². The molecule has 2 aliphatic carbocycles. The molecule has 5 atom stereocenters. The van der Waals surface area contributed by atoms with Gasteiger partial charge in [-0.2, -0.15) is 47.9 Å². The van der Waals surface area contributed by atoms with Gasteiger partial charge in [0.2, 0.25) is 0 Å². The number of halogens is 10. The van der Waals surface area contributed by atoms with Gasteiger partial charge < -0.3 is 9.84 Å². The van der Waals surface area contributed by atoms with Crippen LogP contribution >= 0.6 is 0 Å². The summed E-state index contributed by atoms with van der Waals surface area (Å²) in [5.41, 5.74) is 0. The van der Waals surface area contributed by atoms with Gasteiger partial charge in [0.1, 0.15) is 6.10 Å². The van der Waals surface area contributed by atoms with E-state index in [1.807, 2.05) is 0 Å². The molecule has 0 radical (unpaired) electrons. The standard InChI is InChI=1S/C13H12F10O6S/c14-9(30(26,27)28,8(25)29-7-5-2-1-4(3-5)6(7)24)10(15,16)11(17,18)12(19,20)13(21,22)23/h4-7,24H,1-3H2,(H,26,27,28). The molecule has 0 amide bonds. The third kappa shape index (κ3) is 3.14. The van der Waals surface area contributed by atoms with E-state index in [1.165, 1.54) is 0 Å². The van der Waals surface area contributed by atoms with Gasteiger partial charge in [-0.05, 0) is 31.1 Å². The van der Waals surface area contributed by atoms with Crippen LogP contribution in [0.5, 0.6) is 0 Å². The van der Waals surface area contributed by atoms with Crippen LogP contribution in [0.3, 0.4) is 0 Å². The number of aliphatic hydroxyl groups is 1. The average molecular weight is 486 g/mol. The molecular formula is C13H12F10O6S. The highest BCUT2D eigenvalue weighted by atomic mass is 32.2. The Balaban J connectivity index is 2.53. The molecule has 0 heterocycles. The maximum absolute atomic E-state index is 14.6. The summed E-state index contributed by atoms with van der Waals surface area (Å²) < 4.78 is 167. The van der Waals surface area contributed by atoms with E-state index >= 15 is 0 Å². The van der Waals surface area contributed by atoms with E-state index < -0.39 is 69.1 Å². The molecular weight excluding hydrogens is 474 g/mol.